The van der Waals surface area contributed by atoms with Crippen molar-refractivity contribution in [2.45, 2.75) is 103 Å². The summed E-state index contributed by atoms with van der Waals surface area (Å²) < 4.78 is 0. The molecule has 0 amide bonds. The van der Waals surface area contributed by atoms with E-state index in [1.807, 2.05) is 0 Å². The van der Waals surface area contributed by atoms with Gasteiger partial charge in [-0.1, -0.05) is 32.6 Å². The average Bonchev–Trinajstić information content (AvgIpc) is 2.57. The third-order valence-electron chi connectivity index (χ3n) is 7.48. The lowest BCUT2D eigenvalue weighted by molar-refractivity contribution is 0.0666. The molecule has 1 heteroatoms. The predicted molar refractivity (Wildman–Crippen MR) is 93.8 cm³/mol. The third-order valence-corrected chi connectivity index (χ3v) is 7.48. The van der Waals surface area contributed by atoms with Gasteiger partial charge in [0.05, 0.1) is 6.10 Å². The molecule has 0 aromatic rings. The lowest BCUT2D eigenvalue weighted by Gasteiger charge is -2.41. The summed E-state index contributed by atoms with van der Waals surface area (Å²) in [6, 6.07) is 0. The van der Waals surface area contributed by atoms with Crippen LogP contribution in [0.2, 0.25) is 0 Å². The first-order valence-corrected chi connectivity index (χ1v) is 10.4. The largest absolute Gasteiger partial charge is 0.393 e. The lowest BCUT2D eigenvalue weighted by atomic mass is 9.65. The van der Waals surface area contributed by atoms with E-state index < -0.39 is 0 Å². The molecule has 0 unspecified atom stereocenters. The Bertz CT molecular complexity index is 302. The Labute approximate surface area is 138 Å². The Morgan fingerprint density at radius 1 is 0.591 bits per heavy atom. The van der Waals surface area contributed by atoms with Crippen LogP contribution in [-0.2, 0) is 0 Å². The number of hydrogen-bond acceptors (Lipinski definition) is 1. The van der Waals surface area contributed by atoms with Gasteiger partial charge in [0.1, 0.15) is 0 Å². The van der Waals surface area contributed by atoms with Crippen LogP contribution in [0.5, 0.6) is 0 Å². The van der Waals surface area contributed by atoms with Gasteiger partial charge < -0.3 is 5.11 Å². The van der Waals surface area contributed by atoms with Crippen LogP contribution < -0.4 is 0 Å². The molecule has 3 fully saturated rings. The molecule has 0 atom stereocenters. The highest BCUT2D eigenvalue weighted by molar-refractivity contribution is 4.85. The SMILES string of the molecule is CCC[C@H]1CC[C@H](C2CCC([C@H]3CC[C@H](O)CC3)CC2)CC1. The molecule has 3 aliphatic rings. The minimum absolute atomic E-state index is 0.0193. The summed E-state index contributed by atoms with van der Waals surface area (Å²) >= 11 is 0. The molecule has 1 N–H and O–H groups in total. The van der Waals surface area contributed by atoms with Crippen molar-refractivity contribution in [1.82, 2.24) is 0 Å². The van der Waals surface area contributed by atoms with Crippen molar-refractivity contribution in [3.8, 4) is 0 Å². The molecule has 0 spiro atoms. The maximum absolute atomic E-state index is 9.70. The molecule has 3 saturated carbocycles. The second-order valence-electron chi connectivity index (χ2n) is 8.81. The Morgan fingerprint density at radius 2 is 0.955 bits per heavy atom. The van der Waals surface area contributed by atoms with Crippen LogP contribution in [0.4, 0.5) is 0 Å². The van der Waals surface area contributed by atoms with Crippen molar-refractivity contribution in [2.75, 3.05) is 0 Å². The van der Waals surface area contributed by atoms with Gasteiger partial charge in [0, 0.05) is 0 Å². The summed E-state index contributed by atoms with van der Waals surface area (Å²) in [5.41, 5.74) is 0. The molecule has 0 aromatic carbocycles. The molecule has 0 radical (unpaired) electrons. The minimum atomic E-state index is 0.0193. The predicted octanol–water partition coefficient (Wildman–Crippen LogP) is 5.95. The summed E-state index contributed by atoms with van der Waals surface area (Å²) in [6.07, 6.45) is 19.8. The smallest absolute Gasteiger partial charge is 0.0540 e. The summed E-state index contributed by atoms with van der Waals surface area (Å²) in [5, 5.41) is 9.70. The van der Waals surface area contributed by atoms with E-state index >= 15 is 0 Å². The van der Waals surface area contributed by atoms with Crippen molar-refractivity contribution < 1.29 is 5.11 Å². The van der Waals surface area contributed by atoms with Crippen LogP contribution in [0.15, 0.2) is 0 Å². The molecule has 0 aliphatic heterocycles. The molecule has 0 bridgehead atoms. The van der Waals surface area contributed by atoms with E-state index in [9.17, 15) is 5.11 Å². The fourth-order valence-corrected chi connectivity index (χ4v) is 6.02. The third kappa shape index (κ3) is 4.28. The summed E-state index contributed by atoms with van der Waals surface area (Å²) in [7, 11) is 0. The van der Waals surface area contributed by atoms with Gasteiger partial charge >= 0.3 is 0 Å². The molecule has 0 aromatic heterocycles. The van der Waals surface area contributed by atoms with E-state index in [1.165, 1.54) is 77.0 Å². The molecule has 3 rings (SSSR count). The zero-order valence-corrected chi connectivity index (χ0v) is 14.8. The molecule has 1 nitrogen and oxygen atoms in total. The first-order valence-electron chi connectivity index (χ1n) is 10.4. The van der Waals surface area contributed by atoms with Crippen LogP contribution in [0.25, 0.3) is 0 Å². The van der Waals surface area contributed by atoms with E-state index in [0.717, 1.165) is 42.4 Å². The van der Waals surface area contributed by atoms with E-state index in [1.54, 1.807) is 0 Å². The van der Waals surface area contributed by atoms with Crippen molar-refractivity contribution >= 4 is 0 Å². The monoisotopic (exact) mass is 306 g/mol. The number of aliphatic hydroxyl groups excluding tert-OH is 1. The van der Waals surface area contributed by atoms with Crippen LogP contribution in [0, 0.1) is 29.6 Å². The van der Waals surface area contributed by atoms with Gasteiger partial charge in [-0.15, -0.1) is 0 Å². The molecular weight excluding hydrogens is 268 g/mol. The van der Waals surface area contributed by atoms with Crippen molar-refractivity contribution in [3.63, 3.8) is 0 Å². The van der Waals surface area contributed by atoms with Crippen molar-refractivity contribution in [2.24, 2.45) is 29.6 Å². The van der Waals surface area contributed by atoms with Gasteiger partial charge in [-0.3, -0.25) is 0 Å². The maximum Gasteiger partial charge on any atom is 0.0540 e. The maximum atomic E-state index is 9.70. The van der Waals surface area contributed by atoms with Crippen molar-refractivity contribution in [3.05, 3.63) is 0 Å². The molecule has 22 heavy (non-hydrogen) atoms. The van der Waals surface area contributed by atoms with Crippen LogP contribution in [-0.4, -0.2) is 11.2 Å². The number of rotatable bonds is 4. The van der Waals surface area contributed by atoms with Gasteiger partial charge in [-0.2, -0.15) is 0 Å². The molecule has 128 valence electrons. The lowest BCUT2D eigenvalue weighted by Crippen LogP contribution is -2.30. The van der Waals surface area contributed by atoms with Crippen LogP contribution in [0.1, 0.15) is 96.8 Å². The van der Waals surface area contributed by atoms with Gasteiger partial charge in [0.2, 0.25) is 0 Å². The summed E-state index contributed by atoms with van der Waals surface area (Å²) in [4.78, 5) is 0. The summed E-state index contributed by atoms with van der Waals surface area (Å²) in [5.74, 6) is 5.14. The van der Waals surface area contributed by atoms with E-state index in [2.05, 4.69) is 6.92 Å². The summed E-state index contributed by atoms with van der Waals surface area (Å²) in [6.45, 7) is 2.34. The van der Waals surface area contributed by atoms with Gasteiger partial charge in [0.15, 0.2) is 0 Å². The highest BCUT2D eigenvalue weighted by Crippen LogP contribution is 2.45. The Balaban J connectivity index is 1.39. The Morgan fingerprint density at radius 3 is 1.36 bits per heavy atom. The fourth-order valence-electron chi connectivity index (χ4n) is 6.02. The van der Waals surface area contributed by atoms with E-state index in [0.29, 0.717) is 0 Å². The standard InChI is InChI=1S/C21H38O/c1-2-3-16-4-6-17(7-5-16)18-8-10-19(11-9-18)20-12-14-21(22)15-13-20/h16-22H,2-15H2,1H3/t16-,17-,18?,19?,20-,21-. The highest BCUT2D eigenvalue weighted by atomic mass is 16.3. The highest BCUT2D eigenvalue weighted by Gasteiger charge is 2.34. The van der Waals surface area contributed by atoms with Gasteiger partial charge in [-0.05, 0) is 93.8 Å². The van der Waals surface area contributed by atoms with Crippen molar-refractivity contribution in [1.29, 1.82) is 0 Å². The van der Waals surface area contributed by atoms with Crippen LogP contribution in [0.3, 0.4) is 0 Å². The molecule has 0 saturated heterocycles. The fraction of sp³-hybridized carbons (Fsp3) is 1.00. The van der Waals surface area contributed by atoms with E-state index in [-0.39, 0.29) is 6.10 Å². The van der Waals surface area contributed by atoms with Gasteiger partial charge in [-0.25, -0.2) is 0 Å². The second kappa shape index (κ2) is 8.18. The Kier molecular flexibility index (Phi) is 6.24. The minimum Gasteiger partial charge on any atom is -0.393 e. The van der Waals surface area contributed by atoms with Gasteiger partial charge in [0.25, 0.3) is 0 Å². The van der Waals surface area contributed by atoms with Crippen LogP contribution >= 0.6 is 0 Å². The molecular formula is C21H38O. The number of aliphatic hydroxyl groups is 1. The normalized spacial score (nSPS) is 43.9. The topological polar surface area (TPSA) is 20.2 Å². The number of hydrogen-bond donors (Lipinski definition) is 1. The first-order chi connectivity index (χ1) is 10.8. The first kappa shape index (κ1) is 16.8. The zero-order chi connectivity index (χ0) is 15.4. The molecule has 0 heterocycles. The quantitative estimate of drug-likeness (QED) is 0.680. The molecule has 3 aliphatic carbocycles. The Hall–Kier alpha value is -0.0400. The van der Waals surface area contributed by atoms with E-state index in [4.69, 9.17) is 0 Å². The zero-order valence-electron chi connectivity index (χ0n) is 14.8. The second-order valence-corrected chi connectivity index (χ2v) is 8.81. The average molecular weight is 307 g/mol.